The number of benzene rings is 1. The van der Waals surface area contributed by atoms with Crippen LogP contribution in [-0.2, 0) is 6.42 Å². The van der Waals surface area contributed by atoms with E-state index in [1.165, 1.54) is 12.1 Å². The van der Waals surface area contributed by atoms with Crippen molar-refractivity contribution in [1.29, 1.82) is 0 Å². The normalized spacial score (nSPS) is 14.0. The van der Waals surface area contributed by atoms with Crippen LogP contribution in [-0.4, -0.2) is 22.9 Å². The fraction of sp³-hybridized carbons (Fsp3) is 0.571. The summed E-state index contributed by atoms with van der Waals surface area (Å²) in [6, 6.07) is 4.05. The molecule has 1 aromatic rings. The molecule has 0 aliphatic rings. The van der Waals surface area contributed by atoms with Gasteiger partial charge < -0.3 is 5.32 Å². The number of nitro groups is 2. The van der Waals surface area contributed by atoms with Crippen LogP contribution < -0.4 is 5.32 Å². The minimum Gasteiger partial charge on any atom is -0.317 e. The molecule has 1 aromatic carbocycles. The summed E-state index contributed by atoms with van der Waals surface area (Å²) in [6.45, 7) is 6.16. The minimum absolute atomic E-state index is 0.182. The van der Waals surface area contributed by atoms with Crippen molar-refractivity contribution in [2.24, 2.45) is 11.8 Å². The van der Waals surface area contributed by atoms with Gasteiger partial charge in [-0.2, -0.15) is 0 Å². The number of rotatable bonds is 7. The van der Waals surface area contributed by atoms with E-state index in [1.54, 1.807) is 0 Å². The first kappa shape index (κ1) is 17.0. The van der Waals surface area contributed by atoms with E-state index in [1.807, 2.05) is 14.0 Å². The topological polar surface area (TPSA) is 98.3 Å². The molecule has 0 aliphatic carbocycles. The molecular formula is C14H21N3O4. The van der Waals surface area contributed by atoms with Gasteiger partial charge >= 0.3 is 0 Å². The van der Waals surface area contributed by atoms with Gasteiger partial charge in [-0.3, -0.25) is 20.2 Å². The lowest BCUT2D eigenvalue weighted by molar-refractivity contribution is -0.394. The molecular weight excluding hydrogens is 274 g/mol. The number of nitro benzene ring substituents is 2. The summed E-state index contributed by atoms with van der Waals surface area (Å²) in [5.41, 5.74) is 0.0952. The summed E-state index contributed by atoms with van der Waals surface area (Å²) in [5, 5.41) is 25.1. The van der Waals surface area contributed by atoms with E-state index in [0.29, 0.717) is 17.9 Å². The van der Waals surface area contributed by atoms with Crippen molar-refractivity contribution in [2.45, 2.75) is 33.2 Å². The number of nitrogens with zero attached hydrogens (tertiary/aromatic N) is 2. The van der Waals surface area contributed by atoms with Crippen LogP contribution in [0.15, 0.2) is 18.2 Å². The van der Waals surface area contributed by atoms with Crippen LogP contribution in [0.4, 0.5) is 11.4 Å². The Hall–Kier alpha value is -2.02. The average Bonchev–Trinajstić information content (AvgIpc) is 2.43. The Kier molecular flexibility index (Phi) is 5.78. The first-order valence-electron chi connectivity index (χ1n) is 6.86. The average molecular weight is 295 g/mol. The Balaban J connectivity index is 3.17. The van der Waals surface area contributed by atoms with Crippen molar-refractivity contribution < 1.29 is 9.85 Å². The van der Waals surface area contributed by atoms with E-state index in [9.17, 15) is 20.2 Å². The highest BCUT2D eigenvalue weighted by Gasteiger charge is 2.25. The second-order valence-corrected chi connectivity index (χ2v) is 5.52. The summed E-state index contributed by atoms with van der Waals surface area (Å²) >= 11 is 0. The Morgan fingerprint density at radius 3 is 2.19 bits per heavy atom. The highest BCUT2D eigenvalue weighted by Crippen LogP contribution is 2.29. The number of hydrogen-bond acceptors (Lipinski definition) is 5. The van der Waals surface area contributed by atoms with E-state index in [4.69, 9.17) is 0 Å². The highest BCUT2D eigenvalue weighted by molar-refractivity contribution is 5.49. The van der Waals surface area contributed by atoms with Gasteiger partial charge in [0.15, 0.2) is 0 Å². The largest absolute Gasteiger partial charge is 0.317 e. The van der Waals surface area contributed by atoms with Crippen LogP contribution in [0.2, 0.25) is 0 Å². The van der Waals surface area contributed by atoms with Gasteiger partial charge in [0.1, 0.15) is 0 Å². The molecule has 0 aromatic heterocycles. The van der Waals surface area contributed by atoms with Gasteiger partial charge in [-0.05, 0) is 38.3 Å². The Bertz CT molecular complexity index is 531. The smallest absolute Gasteiger partial charge is 0.279 e. The maximum absolute atomic E-state index is 11.2. The lowest BCUT2D eigenvalue weighted by atomic mass is 9.83. The zero-order chi connectivity index (χ0) is 16.2. The lowest BCUT2D eigenvalue weighted by Crippen LogP contribution is -2.35. The monoisotopic (exact) mass is 295 g/mol. The van der Waals surface area contributed by atoms with Crippen LogP contribution in [0, 0.1) is 32.1 Å². The molecule has 2 unspecified atom stereocenters. The van der Waals surface area contributed by atoms with Gasteiger partial charge in [-0.25, -0.2) is 0 Å². The Labute approximate surface area is 123 Å². The van der Waals surface area contributed by atoms with Gasteiger partial charge in [-0.15, -0.1) is 0 Å². The molecule has 0 fully saturated rings. The molecule has 7 nitrogen and oxygen atoms in total. The summed E-state index contributed by atoms with van der Waals surface area (Å²) in [5.74, 6) is 0.539. The van der Waals surface area contributed by atoms with Crippen molar-refractivity contribution >= 4 is 11.4 Å². The third-order valence-electron chi connectivity index (χ3n) is 3.89. The van der Waals surface area contributed by atoms with Crippen LogP contribution in [0.1, 0.15) is 26.3 Å². The Morgan fingerprint density at radius 2 is 1.76 bits per heavy atom. The van der Waals surface area contributed by atoms with Gasteiger partial charge in [0, 0.05) is 17.7 Å². The quantitative estimate of drug-likeness (QED) is 0.616. The van der Waals surface area contributed by atoms with E-state index < -0.39 is 9.85 Å². The molecule has 0 aliphatic heterocycles. The second-order valence-electron chi connectivity index (χ2n) is 5.52. The van der Waals surface area contributed by atoms with Crippen molar-refractivity contribution in [2.75, 3.05) is 7.05 Å². The zero-order valence-corrected chi connectivity index (χ0v) is 12.7. The van der Waals surface area contributed by atoms with Crippen LogP contribution in [0.5, 0.6) is 0 Å². The molecule has 0 saturated heterocycles. The third kappa shape index (κ3) is 4.22. The molecule has 1 rings (SSSR count). The van der Waals surface area contributed by atoms with Gasteiger partial charge in [0.25, 0.3) is 11.4 Å². The maximum atomic E-state index is 11.2. The Morgan fingerprint density at radius 1 is 1.14 bits per heavy atom. The van der Waals surface area contributed by atoms with E-state index in [-0.39, 0.29) is 23.3 Å². The zero-order valence-electron chi connectivity index (χ0n) is 12.7. The molecule has 0 radical (unpaired) electrons. The molecule has 0 saturated carbocycles. The molecule has 0 heterocycles. The van der Waals surface area contributed by atoms with Crippen LogP contribution in [0.25, 0.3) is 0 Å². The van der Waals surface area contributed by atoms with Gasteiger partial charge in [0.2, 0.25) is 0 Å². The van der Waals surface area contributed by atoms with Crippen LogP contribution in [0.3, 0.4) is 0 Å². The minimum atomic E-state index is -0.618. The predicted molar refractivity (Wildman–Crippen MR) is 80.3 cm³/mol. The first-order valence-corrected chi connectivity index (χ1v) is 6.86. The summed E-state index contributed by atoms with van der Waals surface area (Å²) in [6.07, 6.45) is 0.508. The van der Waals surface area contributed by atoms with E-state index in [0.717, 1.165) is 6.07 Å². The van der Waals surface area contributed by atoms with E-state index >= 15 is 0 Å². The molecule has 7 heteroatoms. The fourth-order valence-corrected chi connectivity index (χ4v) is 2.47. The molecule has 116 valence electrons. The van der Waals surface area contributed by atoms with E-state index in [2.05, 4.69) is 19.2 Å². The summed E-state index contributed by atoms with van der Waals surface area (Å²) in [7, 11) is 1.85. The number of non-ortho nitro benzene ring substituents is 1. The summed E-state index contributed by atoms with van der Waals surface area (Å²) in [4.78, 5) is 20.7. The molecule has 2 atom stereocenters. The molecule has 0 amide bonds. The lowest BCUT2D eigenvalue weighted by Gasteiger charge is -2.27. The SMILES string of the molecule is CNC(C)C(Cc1ccc([N+](=O)[O-])cc1[N+](=O)[O-])C(C)C. The van der Waals surface area contributed by atoms with Crippen molar-refractivity contribution in [3.63, 3.8) is 0 Å². The van der Waals surface area contributed by atoms with Crippen molar-refractivity contribution in [3.05, 3.63) is 44.0 Å². The molecule has 21 heavy (non-hydrogen) atoms. The van der Waals surface area contributed by atoms with Crippen molar-refractivity contribution in [3.8, 4) is 0 Å². The highest BCUT2D eigenvalue weighted by atomic mass is 16.6. The molecule has 1 N–H and O–H groups in total. The number of nitrogens with one attached hydrogen (secondary N) is 1. The molecule has 0 spiro atoms. The predicted octanol–water partition coefficient (Wildman–Crippen LogP) is 2.93. The molecule has 0 bridgehead atoms. The second kappa shape index (κ2) is 7.12. The summed E-state index contributed by atoms with van der Waals surface area (Å²) < 4.78 is 0. The van der Waals surface area contributed by atoms with Gasteiger partial charge in [0.05, 0.1) is 15.9 Å². The fourth-order valence-electron chi connectivity index (χ4n) is 2.47. The van der Waals surface area contributed by atoms with Crippen molar-refractivity contribution in [1.82, 2.24) is 5.32 Å². The number of hydrogen-bond donors (Lipinski definition) is 1. The van der Waals surface area contributed by atoms with Gasteiger partial charge in [-0.1, -0.05) is 13.8 Å². The third-order valence-corrected chi connectivity index (χ3v) is 3.89. The van der Waals surface area contributed by atoms with Crippen LogP contribution >= 0.6 is 0 Å². The maximum Gasteiger partial charge on any atom is 0.279 e. The first-order chi connectivity index (χ1) is 9.77. The standard InChI is InChI=1S/C14H21N3O4/c1-9(2)13(10(3)15-4)7-11-5-6-12(16(18)19)8-14(11)17(20)21/h5-6,8-10,13,15H,7H2,1-4H3.